The van der Waals surface area contributed by atoms with Gasteiger partial charge in [0.1, 0.15) is 5.75 Å². The lowest BCUT2D eigenvalue weighted by atomic mass is 10.1. The van der Waals surface area contributed by atoms with Crippen molar-refractivity contribution in [1.82, 2.24) is 0 Å². The van der Waals surface area contributed by atoms with Gasteiger partial charge in [-0.2, -0.15) is 0 Å². The summed E-state index contributed by atoms with van der Waals surface area (Å²) in [5.74, 6) is -1.09. The minimum absolute atomic E-state index is 0.0416. The van der Waals surface area contributed by atoms with E-state index >= 15 is 0 Å². The molecule has 0 unspecified atom stereocenters. The van der Waals surface area contributed by atoms with E-state index in [-0.39, 0.29) is 12.4 Å². The third-order valence-electron chi connectivity index (χ3n) is 1.70. The summed E-state index contributed by atoms with van der Waals surface area (Å²) in [6, 6.07) is 4.55. The van der Waals surface area contributed by atoms with Crippen molar-refractivity contribution >= 4 is 12.0 Å². The fraction of sp³-hybridized carbons (Fsp3) is 0.100. The summed E-state index contributed by atoms with van der Waals surface area (Å²) in [7, 11) is 0. The number of rotatable bonds is 3. The van der Waals surface area contributed by atoms with Crippen molar-refractivity contribution in [2.75, 3.05) is 0 Å². The Hall–Kier alpha value is -1.81. The van der Waals surface area contributed by atoms with Gasteiger partial charge in [-0.3, -0.25) is 0 Å². The van der Waals surface area contributed by atoms with Gasteiger partial charge in [0.2, 0.25) is 0 Å². The van der Waals surface area contributed by atoms with Crippen LogP contribution in [0, 0.1) is 0 Å². The predicted molar refractivity (Wildman–Crippen MR) is 50.7 cm³/mol. The van der Waals surface area contributed by atoms with E-state index in [1.165, 1.54) is 18.2 Å². The molecular weight excluding hydrogens is 184 g/mol. The first kappa shape index (κ1) is 10.3. The number of hydrogen-bond acceptors (Lipinski definition) is 3. The fourth-order valence-corrected chi connectivity index (χ4v) is 0.986. The summed E-state index contributed by atoms with van der Waals surface area (Å²) >= 11 is 0. The Kier molecular flexibility index (Phi) is 3.25. The average molecular weight is 194 g/mol. The van der Waals surface area contributed by atoms with Gasteiger partial charge < -0.3 is 15.3 Å². The SMILES string of the molecule is O=C(O)C=Cc1ccc(CO)c(O)c1. The monoisotopic (exact) mass is 194 g/mol. The smallest absolute Gasteiger partial charge is 0.328 e. The molecule has 0 aromatic heterocycles. The summed E-state index contributed by atoms with van der Waals surface area (Å²) in [5.41, 5.74) is 0.986. The number of aromatic hydroxyl groups is 1. The van der Waals surface area contributed by atoms with Crippen LogP contribution in [-0.4, -0.2) is 21.3 Å². The molecule has 14 heavy (non-hydrogen) atoms. The highest BCUT2D eigenvalue weighted by molar-refractivity contribution is 5.85. The molecule has 0 saturated carbocycles. The van der Waals surface area contributed by atoms with Crippen LogP contribution in [0.4, 0.5) is 0 Å². The van der Waals surface area contributed by atoms with Crippen molar-refractivity contribution in [3.63, 3.8) is 0 Å². The molecule has 4 nitrogen and oxygen atoms in total. The van der Waals surface area contributed by atoms with E-state index in [0.29, 0.717) is 11.1 Å². The summed E-state index contributed by atoms with van der Waals surface area (Å²) in [6.07, 6.45) is 2.34. The van der Waals surface area contributed by atoms with Crippen LogP contribution in [0.5, 0.6) is 5.75 Å². The van der Waals surface area contributed by atoms with Crippen molar-refractivity contribution in [1.29, 1.82) is 0 Å². The average Bonchev–Trinajstić information content (AvgIpc) is 2.15. The molecule has 1 aromatic carbocycles. The van der Waals surface area contributed by atoms with Crippen LogP contribution in [0.3, 0.4) is 0 Å². The first-order chi connectivity index (χ1) is 6.63. The zero-order valence-electron chi connectivity index (χ0n) is 7.34. The van der Waals surface area contributed by atoms with Gasteiger partial charge in [-0.05, 0) is 17.7 Å². The van der Waals surface area contributed by atoms with Crippen LogP contribution in [0.25, 0.3) is 6.08 Å². The number of benzene rings is 1. The van der Waals surface area contributed by atoms with Crippen molar-refractivity contribution in [3.05, 3.63) is 35.4 Å². The van der Waals surface area contributed by atoms with Gasteiger partial charge in [0.05, 0.1) is 6.61 Å². The molecule has 0 heterocycles. The van der Waals surface area contributed by atoms with E-state index in [9.17, 15) is 9.90 Å². The van der Waals surface area contributed by atoms with Crippen molar-refractivity contribution in [2.45, 2.75) is 6.61 Å². The third kappa shape index (κ3) is 2.60. The van der Waals surface area contributed by atoms with Gasteiger partial charge >= 0.3 is 5.97 Å². The Labute approximate surface area is 80.7 Å². The minimum Gasteiger partial charge on any atom is -0.508 e. The molecule has 0 amide bonds. The van der Waals surface area contributed by atoms with E-state index in [1.807, 2.05) is 0 Å². The maximum atomic E-state index is 10.2. The van der Waals surface area contributed by atoms with E-state index < -0.39 is 5.97 Å². The Balaban J connectivity index is 2.91. The lowest BCUT2D eigenvalue weighted by molar-refractivity contribution is -0.131. The van der Waals surface area contributed by atoms with Crippen molar-refractivity contribution in [2.24, 2.45) is 0 Å². The first-order valence-electron chi connectivity index (χ1n) is 3.97. The Morgan fingerprint density at radius 2 is 2.14 bits per heavy atom. The van der Waals surface area contributed by atoms with Crippen LogP contribution in [-0.2, 0) is 11.4 Å². The number of carboxylic acids is 1. The van der Waals surface area contributed by atoms with Crippen LogP contribution < -0.4 is 0 Å². The predicted octanol–water partition coefficient (Wildman–Crippen LogP) is 0.982. The second kappa shape index (κ2) is 4.43. The largest absolute Gasteiger partial charge is 0.508 e. The van der Waals surface area contributed by atoms with Gasteiger partial charge in [-0.25, -0.2) is 4.79 Å². The summed E-state index contributed by atoms with van der Waals surface area (Å²) < 4.78 is 0. The third-order valence-corrected chi connectivity index (χ3v) is 1.70. The second-order valence-electron chi connectivity index (χ2n) is 2.72. The molecule has 1 aromatic rings. The van der Waals surface area contributed by atoms with Crippen LogP contribution in [0.2, 0.25) is 0 Å². The molecule has 0 fully saturated rings. The number of carbonyl (C=O) groups is 1. The van der Waals surface area contributed by atoms with Crippen LogP contribution >= 0.6 is 0 Å². The highest BCUT2D eigenvalue weighted by Gasteiger charge is 1.99. The quantitative estimate of drug-likeness (QED) is 0.627. The van der Waals surface area contributed by atoms with Gasteiger partial charge in [-0.15, -0.1) is 0 Å². The lowest BCUT2D eigenvalue weighted by Crippen LogP contribution is -1.87. The second-order valence-corrected chi connectivity index (χ2v) is 2.72. The number of phenols is 1. The normalized spacial score (nSPS) is 10.6. The molecule has 0 aliphatic heterocycles. The van der Waals surface area contributed by atoms with E-state index in [0.717, 1.165) is 6.08 Å². The molecule has 74 valence electrons. The maximum absolute atomic E-state index is 10.2. The van der Waals surface area contributed by atoms with E-state index in [2.05, 4.69) is 0 Å². The molecule has 0 aliphatic rings. The van der Waals surface area contributed by atoms with Crippen LogP contribution in [0.15, 0.2) is 24.3 Å². The van der Waals surface area contributed by atoms with Crippen molar-refractivity contribution < 1.29 is 20.1 Å². The summed E-state index contributed by atoms with van der Waals surface area (Å²) in [5, 5.41) is 26.4. The highest BCUT2D eigenvalue weighted by Crippen LogP contribution is 2.19. The molecule has 0 spiro atoms. The first-order valence-corrected chi connectivity index (χ1v) is 3.97. The van der Waals surface area contributed by atoms with E-state index in [4.69, 9.17) is 10.2 Å². The molecule has 0 aliphatic carbocycles. The number of carboxylic acid groups (broad SMARTS) is 1. The molecular formula is C10H10O4. The number of aliphatic hydroxyl groups is 1. The minimum atomic E-state index is -1.05. The molecule has 1 rings (SSSR count). The van der Waals surface area contributed by atoms with Gasteiger partial charge in [-0.1, -0.05) is 12.1 Å². The standard InChI is InChI=1S/C10H10O4/c11-6-8-3-1-7(5-9(8)12)2-4-10(13)14/h1-5,11-12H,6H2,(H,13,14). The van der Waals surface area contributed by atoms with Crippen LogP contribution in [0.1, 0.15) is 11.1 Å². The topological polar surface area (TPSA) is 77.8 Å². The maximum Gasteiger partial charge on any atom is 0.328 e. The molecule has 4 heteroatoms. The summed E-state index contributed by atoms with van der Waals surface area (Å²) in [4.78, 5) is 10.2. The van der Waals surface area contributed by atoms with Crippen molar-refractivity contribution in [3.8, 4) is 5.75 Å². The molecule has 3 N–H and O–H groups in total. The molecule has 0 radical (unpaired) electrons. The van der Waals surface area contributed by atoms with Gasteiger partial charge in [0.25, 0.3) is 0 Å². The van der Waals surface area contributed by atoms with E-state index in [1.54, 1.807) is 6.07 Å². The number of aliphatic hydroxyl groups excluding tert-OH is 1. The Morgan fingerprint density at radius 1 is 1.43 bits per heavy atom. The summed E-state index contributed by atoms with van der Waals surface area (Å²) in [6.45, 7) is -0.241. The highest BCUT2D eigenvalue weighted by atomic mass is 16.4. The Morgan fingerprint density at radius 3 is 2.64 bits per heavy atom. The van der Waals surface area contributed by atoms with Gasteiger partial charge in [0, 0.05) is 11.6 Å². The van der Waals surface area contributed by atoms with Gasteiger partial charge in [0.15, 0.2) is 0 Å². The zero-order chi connectivity index (χ0) is 10.6. The molecule has 0 saturated heterocycles. The lowest BCUT2D eigenvalue weighted by Gasteiger charge is -2.01. The number of aliphatic carboxylic acids is 1. The molecule has 0 bridgehead atoms. The Bertz CT molecular complexity index is 368. The fourth-order valence-electron chi connectivity index (χ4n) is 0.986. The zero-order valence-corrected chi connectivity index (χ0v) is 7.34. The molecule has 0 atom stereocenters. The number of hydrogen-bond donors (Lipinski definition) is 3.